The monoisotopic (exact) mass is 282 g/mol. The molecule has 2 N–H and O–H groups in total. The zero-order chi connectivity index (χ0) is 14.7. The number of rotatable bonds is 5. The van der Waals surface area contributed by atoms with Crippen LogP contribution in [0.4, 0.5) is 0 Å². The maximum Gasteiger partial charge on any atom is 0.417 e. The van der Waals surface area contributed by atoms with Crippen LogP contribution >= 0.6 is 0 Å². The number of oxazole rings is 1. The highest BCUT2D eigenvalue weighted by Crippen LogP contribution is 2.22. The van der Waals surface area contributed by atoms with Crippen molar-refractivity contribution in [2.75, 3.05) is 7.05 Å². The Labute approximate surface area is 122 Å². The van der Waals surface area contributed by atoms with Crippen molar-refractivity contribution in [2.45, 2.75) is 18.9 Å². The molecule has 0 radical (unpaired) electrons. The fourth-order valence-electron chi connectivity index (χ4n) is 2.61. The standard InChI is InChI=1S/C17H18N2O2/c1-18-14(9-7-12-5-3-2-4-6-12)13-8-10-15-16(11-13)21-17(20)19-15/h2-6,8,10-11,14,18H,7,9H2,1H3,(H,19,20). The molecule has 0 saturated carbocycles. The summed E-state index contributed by atoms with van der Waals surface area (Å²) in [6, 6.07) is 16.5. The third-order valence-electron chi connectivity index (χ3n) is 3.76. The Balaban J connectivity index is 1.79. The Morgan fingerprint density at radius 2 is 2.00 bits per heavy atom. The Bertz CT molecular complexity index is 774. The minimum atomic E-state index is -0.410. The summed E-state index contributed by atoms with van der Waals surface area (Å²) in [4.78, 5) is 13.9. The molecule has 0 saturated heterocycles. The summed E-state index contributed by atoms with van der Waals surface area (Å²) in [5.41, 5.74) is 3.80. The van der Waals surface area contributed by atoms with E-state index in [0.717, 1.165) is 23.9 Å². The fraction of sp³-hybridized carbons (Fsp3) is 0.235. The van der Waals surface area contributed by atoms with Crippen LogP contribution in [0.3, 0.4) is 0 Å². The second kappa shape index (κ2) is 5.97. The molecule has 0 aliphatic carbocycles. The van der Waals surface area contributed by atoms with Gasteiger partial charge < -0.3 is 9.73 Å². The van der Waals surface area contributed by atoms with Gasteiger partial charge in [0.15, 0.2) is 5.58 Å². The highest BCUT2D eigenvalue weighted by molar-refractivity contribution is 5.72. The van der Waals surface area contributed by atoms with Crippen molar-refractivity contribution in [3.8, 4) is 0 Å². The summed E-state index contributed by atoms with van der Waals surface area (Å²) >= 11 is 0. The average Bonchev–Trinajstić information content (AvgIpc) is 2.88. The molecule has 3 rings (SSSR count). The Morgan fingerprint density at radius 3 is 2.76 bits per heavy atom. The van der Waals surface area contributed by atoms with E-state index < -0.39 is 5.76 Å². The van der Waals surface area contributed by atoms with E-state index in [-0.39, 0.29) is 6.04 Å². The number of benzene rings is 2. The first-order chi connectivity index (χ1) is 10.3. The van der Waals surface area contributed by atoms with Crippen molar-refractivity contribution in [2.24, 2.45) is 0 Å². The van der Waals surface area contributed by atoms with Crippen molar-refractivity contribution in [1.29, 1.82) is 0 Å². The van der Waals surface area contributed by atoms with Crippen molar-refractivity contribution in [1.82, 2.24) is 10.3 Å². The summed E-state index contributed by atoms with van der Waals surface area (Å²) in [5, 5.41) is 3.33. The third kappa shape index (κ3) is 3.06. The number of hydrogen-bond acceptors (Lipinski definition) is 3. The van der Waals surface area contributed by atoms with Crippen LogP contribution in [0.5, 0.6) is 0 Å². The van der Waals surface area contributed by atoms with Crippen LogP contribution in [-0.4, -0.2) is 12.0 Å². The number of fused-ring (bicyclic) bond motifs is 1. The predicted octanol–water partition coefficient (Wildman–Crippen LogP) is 3.01. The minimum Gasteiger partial charge on any atom is -0.408 e. The van der Waals surface area contributed by atoms with Gasteiger partial charge in [-0.25, -0.2) is 4.79 Å². The van der Waals surface area contributed by atoms with Gasteiger partial charge in [-0.1, -0.05) is 36.4 Å². The molecule has 0 spiro atoms. The lowest BCUT2D eigenvalue weighted by Crippen LogP contribution is -2.17. The maximum atomic E-state index is 11.2. The van der Waals surface area contributed by atoms with Gasteiger partial charge in [0.1, 0.15) is 0 Å². The van der Waals surface area contributed by atoms with Crippen molar-refractivity contribution >= 4 is 11.1 Å². The number of aromatic nitrogens is 1. The molecule has 4 heteroatoms. The molecule has 21 heavy (non-hydrogen) atoms. The largest absolute Gasteiger partial charge is 0.417 e. The normalized spacial score (nSPS) is 12.6. The molecule has 3 aromatic rings. The first-order valence-corrected chi connectivity index (χ1v) is 7.10. The quantitative estimate of drug-likeness (QED) is 0.756. The smallest absolute Gasteiger partial charge is 0.408 e. The van der Waals surface area contributed by atoms with E-state index >= 15 is 0 Å². The molecule has 1 aromatic heterocycles. The van der Waals surface area contributed by atoms with Gasteiger partial charge >= 0.3 is 5.76 Å². The van der Waals surface area contributed by atoms with Crippen LogP contribution in [0.15, 0.2) is 57.7 Å². The highest BCUT2D eigenvalue weighted by Gasteiger charge is 2.11. The van der Waals surface area contributed by atoms with E-state index in [1.807, 2.05) is 31.3 Å². The predicted molar refractivity (Wildman–Crippen MR) is 83.4 cm³/mol. The van der Waals surface area contributed by atoms with Crippen LogP contribution in [0.1, 0.15) is 23.6 Å². The van der Waals surface area contributed by atoms with Crippen molar-refractivity contribution in [3.63, 3.8) is 0 Å². The van der Waals surface area contributed by atoms with E-state index in [1.165, 1.54) is 5.56 Å². The molecule has 1 unspecified atom stereocenters. The van der Waals surface area contributed by atoms with Crippen molar-refractivity contribution < 1.29 is 4.42 Å². The van der Waals surface area contributed by atoms with E-state index in [9.17, 15) is 4.79 Å². The summed E-state index contributed by atoms with van der Waals surface area (Å²) in [6.45, 7) is 0. The van der Waals surface area contributed by atoms with Gasteiger partial charge in [-0.15, -0.1) is 0 Å². The molecule has 0 aliphatic rings. The number of aryl methyl sites for hydroxylation is 1. The Hall–Kier alpha value is -2.33. The summed E-state index contributed by atoms with van der Waals surface area (Å²) < 4.78 is 5.13. The van der Waals surface area contributed by atoms with Gasteiger partial charge in [0.2, 0.25) is 0 Å². The van der Waals surface area contributed by atoms with Crippen molar-refractivity contribution in [3.05, 3.63) is 70.2 Å². The lowest BCUT2D eigenvalue weighted by atomic mass is 9.99. The molecule has 1 heterocycles. The summed E-state index contributed by atoms with van der Waals surface area (Å²) in [7, 11) is 1.95. The molecular weight excluding hydrogens is 264 g/mol. The van der Waals surface area contributed by atoms with E-state index in [1.54, 1.807) is 0 Å². The first kappa shape index (κ1) is 13.6. The lowest BCUT2D eigenvalue weighted by Gasteiger charge is -2.16. The summed E-state index contributed by atoms with van der Waals surface area (Å²) in [5.74, 6) is -0.410. The van der Waals surface area contributed by atoms with Gasteiger partial charge in [0.05, 0.1) is 5.52 Å². The zero-order valence-electron chi connectivity index (χ0n) is 11.9. The molecule has 0 fully saturated rings. The number of hydrogen-bond donors (Lipinski definition) is 2. The van der Waals surface area contributed by atoms with E-state index in [0.29, 0.717) is 5.58 Å². The molecule has 0 bridgehead atoms. The Morgan fingerprint density at radius 1 is 1.19 bits per heavy atom. The Kier molecular flexibility index (Phi) is 3.88. The third-order valence-corrected chi connectivity index (χ3v) is 3.76. The molecule has 4 nitrogen and oxygen atoms in total. The van der Waals surface area contributed by atoms with Crippen LogP contribution in [-0.2, 0) is 6.42 Å². The van der Waals surface area contributed by atoms with Gasteiger partial charge in [-0.2, -0.15) is 0 Å². The molecule has 2 aromatic carbocycles. The molecular formula is C17H18N2O2. The van der Waals surface area contributed by atoms with Gasteiger partial charge in [-0.3, -0.25) is 4.98 Å². The maximum absolute atomic E-state index is 11.2. The average molecular weight is 282 g/mol. The van der Waals surface area contributed by atoms with Crippen LogP contribution < -0.4 is 11.1 Å². The number of H-pyrrole nitrogens is 1. The second-order valence-electron chi connectivity index (χ2n) is 5.14. The van der Waals surface area contributed by atoms with Gasteiger partial charge in [0.25, 0.3) is 0 Å². The zero-order valence-corrected chi connectivity index (χ0v) is 11.9. The van der Waals surface area contributed by atoms with Crippen LogP contribution in [0.2, 0.25) is 0 Å². The van der Waals surface area contributed by atoms with Gasteiger partial charge in [-0.05, 0) is 43.1 Å². The first-order valence-electron chi connectivity index (χ1n) is 7.10. The highest BCUT2D eigenvalue weighted by atomic mass is 16.4. The second-order valence-corrected chi connectivity index (χ2v) is 5.14. The van der Waals surface area contributed by atoms with E-state index in [4.69, 9.17) is 4.42 Å². The SMILES string of the molecule is CNC(CCc1ccccc1)c1ccc2[nH]c(=O)oc2c1. The fourth-order valence-corrected chi connectivity index (χ4v) is 2.61. The topological polar surface area (TPSA) is 58.0 Å². The lowest BCUT2D eigenvalue weighted by molar-refractivity contribution is 0.541. The molecule has 108 valence electrons. The van der Waals surface area contributed by atoms with E-state index in [2.05, 4.69) is 34.6 Å². The summed E-state index contributed by atoms with van der Waals surface area (Å²) in [6.07, 6.45) is 1.99. The number of aromatic amines is 1. The van der Waals surface area contributed by atoms with Crippen LogP contribution in [0.25, 0.3) is 11.1 Å². The molecule has 1 atom stereocenters. The van der Waals surface area contributed by atoms with Gasteiger partial charge in [0, 0.05) is 6.04 Å². The number of nitrogens with one attached hydrogen (secondary N) is 2. The molecule has 0 aliphatic heterocycles. The molecule has 0 amide bonds. The van der Waals surface area contributed by atoms with Crippen LogP contribution in [0, 0.1) is 0 Å². The minimum absolute atomic E-state index is 0.231.